The topological polar surface area (TPSA) is 32.3 Å². The lowest BCUT2D eigenvalue weighted by atomic mass is 10.2. The van der Waals surface area contributed by atoms with Crippen LogP contribution in [-0.2, 0) is 4.79 Å². The summed E-state index contributed by atoms with van der Waals surface area (Å²) in [5.41, 5.74) is 0.255. The maximum atomic E-state index is 11.7. The third-order valence-electron chi connectivity index (χ3n) is 2.94. The molecule has 3 nitrogen and oxygen atoms in total. The summed E-state index contributed by atoms with van der Waals surface area (Å²) >= 11 is 5.11. The third-order valence-corrected chi connectivity index (χ3v) is 3.25. The van der Waals surface area contributed by atoms with E-state index in [1.165, 1.54) is 0 Å². The highest BCUT2D eigenvalue weighted by atomic mass is 32.1. The Labute approximate surface area is 83.5 Å². The summed E-state index contributed by atoms with van der Waals surface area (Å²) in [7, 11) is 0. The number of carbonyl (C=O) groups is 1. The molecule has 1 aliphatic heterocycles. The van der Waals surface area contributed by atoms with Crippen molar-refractivity contribution >= 4 is 23.2 Å². The van der Waals surface area contributed by atoms with Crippen molar-refractivity contribution in [3.05, 3.63) is 0 Å². The van der Waals surface area contributed by atoms with Crippen molar-refractivity contribution in [2.24, 2.45) is 5.41 Å². The second kappa shape index (κ2) is 2.44. The van der Waals surface area contributed by atoms with Crippen molar-refractivity contribution in [2.45, 2.75) is 39.3 Å². The fourth-order valence-corrected chi connectivity index (χ4v) is 2.19. The summed E-state index contributed by atoms with van der Waals surface area (Å²) < 4.78 is 0. The van der Waals surface area contributed by atoms with E-state index in [1.54, 1.807) is 4.90 Å². The molecule has 1 aliphatic carbocycles. The Balaban J connectivity index is 2.17. The summed E-state index contributed by atoms with van der Waals surface area (Å²) in [6, 6.07) is 0.189. The summed E-state index contributed by atoms with van der Waals surface area (Å²) in [6.07, 6.45) is 1.06. The molecule has 13 heavy (non-hydrogen) atoms. The Bertz CT molecular complexity index is 287. The molecule has 0 aromatic carbocycles. The van der Waals surface area contributed by atoms with Crippen LogP contribution in [0.25, 0.3) is 0 Å². The fourth-order valence-electron chi connectivity index (χ4n) is 1.80. The van der Waals surface area contributed by atoms with Crippen molar-refractivity contribution < 1.29 is 4.79 Å². The molecule has 1 heterocycles. The van der Waals surface area contributed by atoms with E-state index in [2.05, 4.69) is 19.2 Å². The number of nitrogens with one attached hydrogen (secondary N) is 1. The van der Waals surface area contributed by atoms with Gasteiger partial charge < -0.3 is 5.32 Å². The Hall–Kier alpha value is -0.640. The monoisotopic (exact) mass is 198 g/mol. The molecule has 1 amide bonds. The van der Waals surface area contributed by atoms with E-state index in [1.807, 2.05) is 6.92 Å². The Morgan fingerprint density at radius 3 is 2.46 bits per heavy atom. The van der Waals surface area contributed by atoms with Crippen LogP contribution in [-0.4, -0.2) is 28.0 Å². The van der Waals surface area contributed by atoms with Crippen LogP contribution in [0.15, 0.2) is 0 Å². The van der Waals surface area contributed by atoms with Crippen molar-refractivity contribution in [3.8, 4) is 0 Å². The molecule has 1 N–H and O–H groups in total. The average molecular weight is 198 g/mol. The Kier molecular flexibility index (Phi) is 1.68. The summed E-state index contributed by atoms with van der Waals surface area (Å²) in [6.45, 7) is 6.18. The van der Waals surface area contributed by atoms with Crippen molar-refractivity contribution in [1.29, 1.82) is 0 Å². The quantitative estimate of drug-likeness (QED) is 0.635. The van der Waals surface area contributed by atoms with Gasteiger partial charge in [-0.2, -0.15) is 0 Å². The van der Waals surface area contributed by atoms with Crippen LogP contribution >= 0.6 is 12.2 Å². The number of amides is 1. The minimum atomic E-state index is -0.135. The first-order valence-corrected chi connectivity index (χ1v) is 4.98. The molecule has 2 rings (SSSR count). The molecule has 0 aromatic heterocycles. The van der Waals surface area contributed by atoms with Crippen molar-refractivity contribution in [1.82, 2.24) is 10.2 Å². The highest BCUT2D eigenvalue weighted by Gasteiger charge is 2.54. The largest absolute Gasteiger partial charge is 0.351 e. The summed E-state index contributed by atoms with van der Waals surface area (Å²) in [5, 5.41) is 3.59. The molecular formula is C9H14N2OS. The average Bonchev–Trinajstić information content (AvgIpc) is 2.51. The zero-order chi connectivity index (χ0) is 9.80. The van der Waals surface area contributed by atoms with Gasteiger partial charge in [0, 0.05) is 6.04 Å². The van der Waals surface area contributed by atoms with E-state index in [0.717, 1.165) is 6.42 Å². The van der Waals surface area contributed by atoms with Gasteiger partial charge in [0.25, 0.3) is 5.91 Å². The molecule has 72 valence electrons. The molecule has 2 unspecified atom stereocenters. The predicted octanol–water partition coefficient (Wildman–Crippen LogP) is 0.890. The lowest BCUT2D eigenvalue weighted by molar-refractivity contribution is -0.127. The first-order valence-electron chi connectivity index (χ1n) is 4.57. The van der Waals surface area contributed by atoms with Crippen molar-refractivity contribution in [2.75, 3.05) is 0 Å². The van der Waals surface area contributed by atoms with E-state index < -0.39 is 0 Å². The van der Waals surface area contributed by atoms with Crippen molar-refractivity contribution in [3.63, 3.8) is 0 Å². The standard InChI is InChI=1S/C9H14N2OS/c1-5-7(12)11(8(13)10-5)6-4-9(6,2)3/h5-6H,4H2,1-3H3,(H,10,13). The molecular weight excluding hydrogens is 184 g/mol. The van der Waals surface area contributed by atoms with E-state index in [9.17, 15) is 4.79 Å². The molecule has 2 atom stereocenters. The minimum absolute atomic E-state index is 0.126. The maximum absolute atomic E-state index is 11.7. The smallest absolute Gasteiger partial charge is 0.251 e. The highest BCUT2D eigenvalue weighted by Crippen LogP contribution is 2.49. The zero-order valence-electron chi connectivity index (χ0n) is 8.13. The van der Waals surface area contributed by atoms with Gasteiger partial charge >= 0.3 is 0 Å². The van der Waals surface area contributed by atoms with Gasteiger partial charge in [0.15, 0.2) is 5.11 Å². The lowest BCUT2D eigenvalue weighted by Crippen LogP contribution is -2.35. The molecule has 1 saturated heterocycles. The maximum Gasteiger partial charge on any atom is 0.251 e. The molecule has 0 radical (unpaired) electrons. The number of hydrogen-bond donors (Lipinski definition) is 1. The number of hydrogen-bond acceptors (Lipinski definition) is 2. The number of rotatable bonds is 1. The van der Waals surface area contributed by atoms with Gasteiger partial charge in [-0.1, -0.05) is 13.8 Å². The fraction of sp³-hybridized carbons (Fsp3) is 0.778. The van der Waals surface area contributed by atoms with Gasteiger partial charge in [0.1, 0.15) is 6.04 Å². The normalized spacial score (nSPS) is 36.4. The van der Waals surface area contributed by atoms with Crippen LogP contribution in [0, 0.1) is 5.41 Å². The molecule has 2 aliphatic rings. The Morgan fingerprint density at radius 1 is 1.62 bits per heavy atom. The van der Waals surface area contributed by atoms with E-state index in [0.29, 0.717) is 11.2 Å². The van der Waals surface area contributed by atoms with Gasteiger partial charge in [-0.3, -0.25) is 9.69 Å². The SMILES string of the molecule is CC1NC(=S)N(C2CC2(C)C)C1=O. The lowest BCUT2D eigenvalue weighted by Gasteiger charge is -2.16. The van der Waals surface area contributed by atoms with E-state index >= 15 is 0 Å². The number of carbonyl (C=O) groups excluding carboxylic acids is 1. The first-order chi connectivity index (χ1) is 5.93. The molecule has 2 fully saturated rings. The second-order valence-electron chi connectivity index (χ2n) is 4.59. The molecule has 4 heteroatoms. The van der Waals surface area contributed by atoms with Crippen LogP contribution in [0.1, 0.15) is 27.2 Å². The van der Waals surface area contributed by atoms with Crippen LogP contribution in [0.4, 0.5) is 0 Å². The summed E-state index contributed by atoms with van der Waals surface area (Å²) in [5.74, 6) is 0.126. The first kappa shape index (κ1) is 8.94. The molecule has 0 spiro atoms. The van der Waals surface area contributed by atoms with Crippen LogP contribution in [0.2, 0.25) is 0 Å². The zero-order valence-corrected chi connectivity index (χ0v) is 8.94. The van der Waals surface area contributed by atoms with Crippen LogP contribution in [0.3, 0.4) is 0 Å². The third kappa shape index (κ3) is 1.24. The predicted molar refractivity (Wildman–Crippen MR) is 54.2 cm³/mol. The minimum Gasteiger partial charge on any atom is -0.351 e. The van der Waals surface area contributed by atoms with E-state index in [4.69, 9.17) is 12.2 Å². The number of nitrogens with zero attached hydrogens (tertiary/aromatic N) is 1. The highest BCUT2D eigenvalue weighted by molar-refractivity contribution is 7.80. The van der Waals surface area contributed by atoms with Crippen LogP contribution < -0.4 is 5.32 Å². The second-order valence-corrected chi connectivity index (χ2v) is 4.97. The van der Waals surface area contributed by atoms with Gasteiger partial charge in [0.05, 0.1) is 0 Å². The molecule has 1 saturated carbocycles. The van der Waals surface area contributed by atoms with Crippen LogP contribution in [0.5, 0.6) is 0 Å². The Morgan fingerprint density at radius 2 is 2.15 bits per heavy atom. The van der Waals surface area contributed by atoms with Gasteiger partial charge in [-0.05, 0) is 31.0 Å². The van der Waals surface area contributed by atoms with E-state index in [-0.39, 0.29) is 17.4 Å². The van der Waals surface area contributed by atoms with Gasteiger partial charge in [-0.25, -0.2) is 0 Å². The number of thiocarbonyl (C=S) groups is 1. The molecule has 0 bridgehead atoms. The van der Waals surface area contributed by atoms with Gasteiger partial charge in [0.2, 0.25) is 0 Å². The molecule has 0 aromatic rings. The van der Waals surface area contributed by atoms with Gasteiger partial charge in [-0.15, -0.1) is 0 Å². The summed E-state index contributed by atoms with van der Waals surface area (Å²) in [4.78, 5) is 13.4.